The van der Waals surface area contributed by atoms with E-state index < -0.39 is 6.04 Å². The van der Waals surface area contributed by atoms with E-state index in [1.807, 2.05) is 36.5 Å². The number of aliphatic imine (C=N–C) groups is 1. The molecule has 176 valence electrons. The molecule has 0 saturated carbocycles. The highest BCUT2D eigenvalue weighted by Gasteiger charge is 2.39. The fourth-order valence-corrected chi connectivity index (χ4v) is 5.35. The third-order valence-corrected chi connectivity index (χ3v) is 7.16. The second-order valence-corrected chi connectivity index (χ2v) is 9.17. The molecule has 6 rings (SSSR count). The molecule has 1 atom stereocenters. The molecule has 2 N–H and O–H groups in total. The molecular weight excluding hydrogens is 440 g/mol. The van der Waals surface area contributed by atoms with Gasteiger partial charge in [-0.05, 0) is 58.5 Å². The molecule has 7 nitrogen and oxygen atoms in total. The molecule has 0 spiro atoms. The van der Waals surface area contributed by atoms with Crippen molar-refractivity contribution in [2.24, 2.45) is 4.99 Å². The molecule has 2 aromatic carbocycles. The zero-order valence-electron chi connectivity index (χ0n) is 19.5. The minimum Gasteiger partial charge on any atom is -0.459 e. The van der Waals surface area contributed by atoms with Gasteiger partial charge in [0.05, 0.1) is 12.0 Å². The molecule has 0 bridgehead atoms. The van der Waals surface area contributed by atoms with Gasteiger partial charge in [0.15, 0.2) is 5.76 Å². The summed E-state index contributed by atoms with van der Waals surface area (Å²) in [6, 6.07) is 15.6. The SMILES string of the molecule is CNC(=O)[C@H]1CC2=C(Cc3ccccc32)CN1C(=O)c1occc1CNc1ccc2c(c1)CC=N2. The number of carbonyl (C=O) groups excluding carboxylic acids is 2. The van der Waals surface area contributed by atoms with Crippen molar-refractivity contribution in [1.82, 2.24) is 10.2 Å². The third kappa shape index (κ3) is 3.73. The maximum atomic E-state index is 13.7. The normalized spacial score (nSPS) is 17.7. The molecule has 0 saturated heterocycles. The van der Waals surface area contributed by atoms with E-state index in [1.54, 1.807) is 11.9 Å². The molecular formula is C28H26N4O3. The Labute approximate surface area is 203 Å². The van der Waals surface area contributed by atoms with E-state index in [1.165, 1.54) is 34.1 Å². The van der Waals surface area contributed by atoms with Gasteiger partial charge < -0.3 is 20.0 Å². The van der Waals surface area contributed by atoms with Crippen LogP contribution in [0.4, 0.5) is 11.4 Å². The number of hydrogen-bond donors (Lipinski definition) is 2. The van der Waals surface area contributed by atoms with Gasteiger partial charge in [0.25, 0.3) is 5.91 Å². The van der Waals surface area contributed by atoms with Gasteiger partial charge in [0, 0.05) is 50.4 Å². The molecule has 3 aliphatic rings. The maximum absolute atomic E-state index is 13.7. The number of fused-ring (bicyclic) bond motifs is 3. The Morgan fingerprint density at radius 3 is 2.91 bits per heavy atom. The third-order valence-electron chi connectivity index (χ3n) is 7.16. The van der Waals surface area contributed by atoms with Crippen molar-refractivity contribution >= 4 is 35.0 Å². The van der Waals surface area contributed by atoms with Crippen LogP contribution in [0.5, 0.6) is 0 Å². The predicted octanol–water partition coefficient (Wildman–Crippen LogP) is 4.12. The second-order valence-electron chi connectivity index (χ2n) is 9.17. The van der Waals surface area contributed by atoms with Gasteiger partial charge in [-0.2, -0.15) is 0 Å². The van der Waals surface area contributed by atoms with E-state index in [0.717, 1.165) is 29.8 Å². The number of rotatable bonds is 5. The van der Waals surface area contributed by atoms with Crippen molar-refractivity contribution < 1.29 is 14.0 Å². The second kappa shape index (κ2) is 8.58. The summed E-state index contributed by atoms with van der Waals surface area (Å²) in [6.07, 6.45) is 5.59. The molecule has 1 aliphatic carbocycles. The molecule has 2 aliphatic heterocycles. The Morgan fingerprint density at radius 2 is 2.03 bits per heavy atom. The zero-order valence-corrected chi connectivity index (χ0v) is 19.5. The first-order valence-corrected chi connectivity index (χ1v) is 11.9. The lowest BCUT2D eigenvalue weighted by Crippen LogP contribution is -2.51. The van der Waals surface area contributed by atoms with Crippen LogP contribution in [0.1, 0.15) is 39.2 Å². The Balaban J connectivity index is 1.24. The Kier molecular flexibility index (Phi) is 5.25. The van der Waals surface area contributed by atoms with Crippen LogP contribution in [0.25, 0.3) is 5.57 Å². The largest absolute Gasteiger partial charge is 0.459 e. The molecule has 0 unspecified atom stereocenters. The maximum Gasteiger partial charge on any atom is 0.290 e. The van der Waals surface area contributed by atoms with E-state index in [-0.39, 0.29) is 17.6 Å². The van der Waals surface area contributed by atoms with Gasteiger partial charge in [-0.15, -0.1) is 0 Å². The number of amides is 2. The van der Waals surface area contributed by atoms with Gasteiger partial charge in [0.1, 0.15) is 6.04 Å². The lowest BCUT2D eigenvalue weighted by Gasteiger charge is -2.35. The summed E-state index contributed by atoms with van der Waals surface area (Å²) in [4.78, 5) is 32.6. The van der Waals surface area contributed by atoms with Gasteiger partial charge in [-0.25, -0.2) is 0 Å². The summed E-state index contributed by atoms with van der Waals surface area (Å²) >= 11 is 0. The van der Waals surface area contributed by atoms with Gasteiger partial charge in [-0.3, -0.25) is 14.6 Å². The van der Waals surface area contributed by atoms with Crippen molar-refractivity contribution in [2.45, 2.75) is 31.8 Å². The van der Waals surface area contributed by atoms with E-state index >= 15 is 0 Å². The topological polar surface area (TPSA) is 86.9 Å². The van der Waals surface area contributed by atoms with Crippen LogP contribution in [0, 0.1) is 0 Å². The van der Waals surface area contributed by atoms with E-state index in [9.17, 15) is 9.59 Å². The van der Waals surface area contributed by atoms with Crippen molar-refractivity contribution in [3.63, 3.8) is 0 Å². The lowest BCUT2D eigenvalue weighted by molar-refractivity contribution is -0.125. The number of carbonyl (C=O) groups is 2. The molecule has 3 heterocycles. The van der Waals surface area contributed by atoms with Crippen LogP contribution >= 0.6 is 0 Å². The van der Waals surface area contributed by atoms with Crippen LogP contribution in [-0.2, 0) is 24.2 Å². The summed E-state index contributed by atoms with van der Waals surface area (Å²) < 4.78 is 5.68. The Hall–Kier alpha value is -4.13. The van der Waals surface area contributed by atoms with Crippen molar-refractivity contribution in [2.75, 3.05) is 18.9 Å². The quantitative estimate of drug-likeness (QED) is 0.592. The average Bonchev–Trinajstić information content (AvgIpc) is 3.63. The van der Waals surface area contributed by atoms with E-state index in [0.29, 0.717) is 19.5 Å². The standard InChI is InChI=1S/C28H26N4O3/c1-29-27(33)25-14-23-20(12-17-4-2-3-5-22(17)23)16-32(25)28(34)26-19(9-11-35-26)15-31-21-6-7-24-18(13-21)8-10-30-24/h2-7,9-11,13,25,31H,8,12,14-16H2,1H3,(H,29,33)/t25-/m1/s1. The highest BCUT2D eigenvalue weighted by molar-refractivity contribution is 5.99. The van der Waals surface area contributed by atoms with Crippen LogP contribution in [0.3, 0.4) is 0 Å². The average molecular weight is 467 g/mol. The summed E-state index contributed by atoms with van der Waals surface area (Å²) in [7, 11) is 1.61. The molecule has 7 heteroatoms. The minimum atomic E-state index is -0.583. The molecule has 2 amide bonds. The fraction of sp³-hybridized carbons (Fsp3) is 0.250. The number of benzene rings is 2. The van der Waals surface area contributed by atoms with Crippen LogP contribution in [0.2, 0.25) is 0 Å². The van der Waals surface area contributed by atoms with Gasteiger partial charge in [0.2, 0.25) is 5.91 Å². The van der Waals surface area contributed by atoms with Crippen molar-refractivity contribution in [3.05, 3.63) is 88.4 Å². The molecule has 1 aromatic heterocycles. The summed E-state index contributed by atoms with van der Waals surface area (Å²) in [5.74, 6) is -0.151. The van der Waals surface area contributed by atoms with Crippen LogP contribution < -0.4 is 10.6 Å². The number of hydrogen-bond acceptors (Lipinski definition) is 5. The van der Waals surface area contributed by atoms with Crippen LogP contribution in [0.15, 0.2) is 69.8 Å². The first-order valence-electron chi connectivity index (χ1n) is 11.9. The highest BCUT2D eigenvalue weighted by atomic mass is 16.3. The Morgan fingerprint density at radius 1 is 1.14 bits per heavy atom. The Bertz CT molecular complexity index is 1400. The monoisotopic (exact) mass is 466 g/mol. The van der Waals surface area contributed by atoms with Gasteiger partial charge in [-0.1, -0.05) is 24.3 Å². The van der Waals surface area contributed by atoms with Crippen LogP contribution in [-0.4, -0.2) is 42.6 Å². The minimum absolute atomic E-state index is 0.166. The summed E-state index contributed by atoms with van der Waals surface area (Å²) in [5.41, 5.74) is 8.76. The number of furan rings is 1. The lowest BCUT2D eigenvalue weighted by atomic mass is 9.92. The zero-order chi connectivity index (χ0) is 23.9. The van der Waals surface area contributed by atoms with E-state index in [4.69, 9.17) is 4.42 Å². The summed E-state index contributed by atoms with van der Waals surface area (Å²) in [6.45, 7) is 0.856. The fourth-order valence-electron chi connectivity index (χ4n) is 5.35. The number of likely N-dealkylation sites (N-methyl/N-ethyl adjacent to an activating group) is 1. The van der Waals surface area contributed by atoms with Crippen molar-refractivity contribution in [3.8, 4) is 0 Å². The number of anilines is 1. The predicted molar refractivity (Wildman–Crippen MR) is 135 cm³/mol. The molecule has 0 fully saturated rings. The number of nitrogens with one attached hydrogen (secondary N) is 2. The smallest absolute Gasteiger partial charge is 0.290 e. The first kappa shape index (κ1) is 21.4. The molecule has 0 radical (unpaired) electrons. The first-order chi connectivity index (χ1) is 17.1. The molecule has 35 heavy (non-hydrogen) atoms. The number of nitrogens with zero attached hydrogens (tertiary/aromatic N) is 2. The summed E-state index contributed by atoms with van der Waals surface area (Å²) in [5, 5.41) is 6.14. The highest BCUT2D eigenvalue weighted by Crippen LogP contribution is 2.40. The van der Waals surface area contributed by atoms with Crippen molar-refractivity contribution in [1.29, 1.82) is 0 Å². The molecule has 3 aromatic rings. The van der Waals surface area contributed by atoms with E-state index in [2.05, 4.69) is 33.8 Å². The van der Waals surface area contributed by atoms with Gasteiger partial charge >= 0.3 is 0 Å².